The number of hydrogen-bond acceptors (Lipinski definition) is 5. The fraction of sp³-hybridized carbons (Fsp3) is 0.417. The maximum Gasteiger partial charge on any atom is 0.231 e. The quantitative estimate of drug-likeness (QED) is 0.776. The molecular weight excluding hydrogens is 222 g/mol. The summed E-state index contributed by atoms with van der Waals surface area (Å²) in [6.07, 6.45) is 0.305. The molecule has 5 heteroatoms. The van der Waals surface area contributed by atoms with E-state index < -0.39 is 0 Å². The molecule has 0 bridgehead atoms. The highest BCUT2D eigenvalue weighted by atomic mass is 16.7. The molecule has 0 unspecified atom stereocenters. The van der Waals surface area contributed by atoms with Crippen LogP contribution in [0.15, 0.2) is 12.1 Å². The molecule has 0 aromatic heterocycles. The molecule has 1 aromatic rings. The first-order valence-electron chi connectivity index (χ1n) is 5.41. The van der Waals surface area contributed by atoms with Crippen molar-refractivity contribution in [1.82, 2.24) is 0 Å². The fourth-order valence-electron chi connectivity index (χ4n) is 1.81. The van der Waals surface area contributed by atoms with E-state index in [1.165, 1.54) is 0 Å². The largest absolute Gasteiger partial charge is 0.453 e. The van der Waals surface area contributed by atoms with Gasteiger partial charge in [-0.3, -0.25) is 4.79 Å². The number of carbonyl (C=O) groups excluding carboxylic acids is 1. The van der Waals surface area contributed by atoms with Crippen LogP contribution in [0.1, 0.15) is 22.3 Å². The maximum atomic E-state index is 11.8. The Balaban J connectivity index is 2.37. The monoisotopic (exact) mass is 237 g/mol. The molecule has 92 valence electrons. The van der Waals surface area contributed by atoms with E-state index in [0.29, 0.717) is 36.6 Å². The average molecular weight is 237 g/mol. The Kier molecular flexibility index (Phi) is 3.61. The molecule has 5 nitrogen and oxygen atoms in total. The van der Waals surface area contributed by atoms with Crippen LogP contribution in [-0.2, 0) is 11.3 Å². The van der Waals surface area contributed by atoms with Gasteiger partial charge in [-0.2, -0.15) is 0 Å². The normalized spacial score (nSPS) is 12.8. The average Bonchev–Trinajstić information content (AvgIpc) is 2.79. The molecule has 1 aliphatic heterocycles. The van der Waals surface area contributed by atoms with Gasteiger partial charge in [-0.15, -0.1) is 0 Å². The van der Waals surface area contributed by atoms with Gasteiger partial charge in [-0.05, 0) is 12.6 Å². The number of ether oxygens (including phenoxy) is 3. The van der Waals surface area contributed by atoms with Gasteiger partial charge in [0.15, 0.2) is 17.3 Å². The first-order chi connectivity index (χ1) is 8.27. The zero-order valence-corrected chi connectivity index (χ0v) is 9.69. The van der Waals surface area contributed by atoms with Crippen molar-refractivity contribution in [2.75, 3.05) is 20.4 Å². The molecule has 0 spiro atoms. The SMILES string of the molecule is COCc1ccc(C(=O)CCN)c2c1OCO2. The van der Waals surface area contributed by atoms with Crippen LogP contribution in [0.5, 0.6) is 11.5 Å². The van der Waals surface area contributed by atoms with Gasteiger partial charge in [0.05, 0.1) is 12.2 Å². The molecule has 0 saturated carbocycles. The second-order valence-electron chi connectivity index (χ2n) is 3.73. The van der Waals surface area contributed by atoms with Crippen LogP contribution < -0.4 is 15.2 Å². The van der Waals surface area contributed by atoms with Gasteiger partial charge < -0.3 is 19.9 Å². The van der Waals surface area contributed by atoms with E-state index in [1.54, 1.807) is 13.2 Å². The Morgan fingerprint density at radius 2 is 2.18 bits per heavy atom. The second-order valence-corrected chi connectivity index (χ2v) is 3.73. The molecule has 0 radical (unpaired) electrons. The van der Waals surface area contributed by atoms with Crippen molar-refractivity contribution in [3.05, 3.63) is 23.3 Å². The van der Waals surface area contributed by atoms with E-state index in [9.17, 15) is 4.79 Å². The summed E-state index contributed by atoms with van der Waals surface area (Å²) in [4.78, 5) is 11.8. The van der Waals surface area contributed by atoms with Crippen molar-refractivity contribution < 1.29 is 19.0 Å². The van der Waals surface area contributed by atoms with Crippen LogP contribution in [0.4, 0.5) is 0 Å². The highest BCUT2D eigenvalue weighted by Crippen LogP contribution is 2.39. The van der Waals surface area contributed by atoms with Gasteiger partial charge in [-0.25, -0.2) is 0 Å². The second kappa shape index (κ2) is 5.16. The number of fused-ring (bicyclic) bond motifs is 1. The summed E-state index contributed by atoms with van der Waals surface area (Å²) in [6, 6.07) is 3.56. The van der Waals surface area contributed by atoms with Gasteiger partial charge in [0.1, 0.15) is 0 Å². The van der Waals surface area contributed by atoms with E-state index in [4.69, 9.17) is 19.9 Å². The Labute approximate surface area is 99.5 Å². The lowest BCUT2D eigenvalue weighted by molar-refractivity contribution is 0.0981. The van der Waals surface area contributed by atoms with Crippen molar-refractivity contribution in [2.24, 2.45) is 5.73 Å². The van der Waals surface area contributed by atoms with Gasteiger partial charge >= 0.3 is 0 Å². The standard InChI is InChI=1S/C12H15NO4/c1-15-6-8-2-3-9(10(14)4-5-13)12-11(8)16-7-17-12/h2-3H,4-7,13H2,1H3. The predicted octanol–water partition coefficient (Wildman–Crippen LogP) is 1.09. The molecule has 17 heavy (non-hydrogen) atoms. The smallest absolute Gasteiger partial charge is 0.231 e. The third-order valence-corrected chi connectivity index (χ3v) is 2.57. The van der Waals surface area contributed by atoms with Crippen molar-refractivity contribution in [2.45, 2.75) is 13.0 Å². The molecule has 0 atom stereocenters. The first kappa shape index (κ1) is 11.9. The summed E-state index contributed by atoms with van der Waals surface area (Å²) in [5.74, 6) is 1.09. The number of rotatable bonds is 5. The molecule has 0 fully saturated rings. The van der Waals surface area contributed by atoms with Crippen molar-refractivity contribution >= 4 is 5.78 Å². The van der Waals surface area contributed by atoms with Crippen molar-refractivity contribution in [3.63, 3.8) is 0 Å². The third-order valence-electron chi connectivity index (χ3n) is 2.57. The minimum Gasteiger partial charge on any atom is -0.453 e. The van der Waals surface area contributed by atoms with Crippen LogP contribution in [0.25, 0.3) is 0 Å². The van der Waals surface area contributed by atoms with Crippen LogP contribution in [0.3, 0.4) is 0 Å². The lowest BCUT2D eigenvalue weighted by Crippen LogP contribution is -2.09. The van der Waals surface area contributed by atoms with Crippen LogP contribution in [0, 0.1) is 0 Å². The van der Waals surface area contributed by atoms with E-state index in [0.717, 1.165) is 5.56 Å². The summed E-state index contributed by atoms with van der Waals surface area (Å²) < 4.78 is 15.8. The topological polar surface area (TPSA) is 70.8 Å². The minimum absolute atomic E-state index is 0.0294. The van der Waals surface area contributed by atoms with E-state index in [-0.39, 0.29) is 12.6 Å². The lowest BCUT2D eigenvalue weighted by Gasteiger charge is -2.08. The number of Topliss-reactive ketones (excluding diaryl/α,β-unsaturated/α-hetero) is 1. The zero-order chi connectivity index (χ0) is 12.3. The van der Waals surface area contributed by atoms with Crippen LogP contribution >= 0.6 is 0 Å². The highest BCUT2D eigenvalue weighted by Gasteiger charge is 2.24. The Morgan fingerprint density at radius 1 is 1.41 bits per heavy atom. The predicted molar refractivity (Wildman–Crippen MR) is 61.3 cm³/mol. The van der Waals surface area contributed by atoms with Gasteiger partial charge in [0.2, 0.25) is 6.79 Å². The molecule has 0 amide bonds. The number of ketones is 1. The fourth-order valence-corrected chi connectivity index (χ4v) is 1.81. The molecule has 1 aliphatic rings. The molecule has 2 N–H and O–H groups in total. The van der Waals surface area contributed by atoms with Gasteiger partial charge in [0.25, 0.3) is 0 Å². The molecule has 1 aromatic carbocycles. The Morgan fingerprint density at radius 3 is 2.88 bits per heavy atom. The van der Waals surface area contributed by atoms with Gasteiger partial charge in [-0.1, -0.05) is 6.07 Å². The molecular formula is C12H15NO4. The minimum atomic E-state index is -0.0294. The number of hydrogen-bond donors (Lipinski definition) is 1. The Hall–Kier alpha value is -1.59. The molecule has 0 saturated heterocycles. The zero-order valence-electron chi connectivity index (χ0n) is 9.69. The molecule has 2 rings (SSSR count). The summed E-state index contributed by atoms with van der Waals surface area (Å²) in [7, 11) is 1.61. The number of carbonyl (C=O) groups is 1. The number of benzene rings is 1. The molecule has 0 aliphatic carbocycles. The first-order valence-corrected chi connectivity index (χ1v) is 5.41. The highest BCUT2D eigenvalue weighted by molar-refractivity contribution is 5.99. The van der Waals surface area contributed by atoms with E-state index >= 15 is 0 Å². The maximum absolute atomic E-state index is 11.8. The number of nitrogens with two attached hydrogens (primary N) is 1. The molecule has 1 heterocycles. The number of methoxy groups -OCH3 is 1. The summed E-state index contributed by atoms with van der Waals surface area (Å²) in [6.45, 7) is 0.893. The van der Waals surface area contributed by atoms with Crippen LogP contribution in [0.2, 0.25) is 0 Å². The van der Waals surface area contributed by atoms with E-state index in [2.05, 4.69) is 0 Å². The van der Waals surface area contributed by atoms with Crippen molar-refractivity contribution in [1.29, 1.82) is 0 Å². The Bertz CT molecular complexity index is 431. The van der Waals surface area contributed by atoms with Crippen molar-refractivity contribution in [3.8, 4) is 11.5 Å². The summed E-state index contributed by atoms with van der Waals surface area (Å²) in [5.41, 5.74) is 6.79. The van der Waals surface area contributed by atoms with E-state index in [1.807, 2.05) is 6.07 Å². The lowest BCUT2D eigenvalue weighted by atomic mass is 10.0. The van der Waals surface area contributed by atoms with Crippen LogP contribution in [-0.4, -0.2) is 26.2 Å². The summed E-state index contributed by atoms with van der Waals surface area (Å²) >= 11 is 0. The third kappa shape index (κ3) is 2.25. The summed E-state index contributed by atoms with van der Waals surface area (Å²) in [5, 5.41) is 0. The van der Waals surface area contributed by atoms with Gasteiger partial charge in [0, 0.05) is 19.1 Å².